The summed E-state index contributed by atoms with van der Waals surface area (Å²) in [6.07, 6.45) is 1.20. The molecule has 0 saturated heterocycles. The Morgan fingerprint density at radius 2 is 1.92 bits per heavy atom. The average molecular weight is 173 g/mol. The Balaban J connectivity index is 3.54. The van der Waals surface area contributed by atoms with Gasteiger partial charge in [0.1, 0.15) is 0 Å². The first kappa shape index (κ1) is 11.9. The van der Waals surface area contributed by atoms with Crippen LogP contribution in [-0.2, 0) is 4.74 Å². The van der Waals surface area contributed by atoms with E-state index in [0.29, 0.717) is 6.04 Å². The topological polar surface area (TPSA) is 21.3 Å². The van der Waals surface area contributed by atoms with Crippen molar-refractivity contribution in [2.75, 3.05) is 19.8 Å². The number of rotatable bonds is 7. The SMILES string of the molecule is CCNC(COCC)CC(C)C. The minimum Gasteiger partial charge on any atom is -0.380 e. The zero-order chi connectivity index (χ0) is 9.40. The summed E-state index contributed by atoms with van der Waals surface area (Å²) in [5, 5.41) is 3.42. The van der Waals surface area contributed by atoms with Crippen LogP contribution in [0, 0.1) is 5.92 Å². The zero-order valence-corrected chi connectivity index (χ0v) is 8.89. The lowest BCUT2D eigenvalue weighted by Crippen LogP contribution is -2.34. The lowest BCUT2D eigenvalue weighted by molar-refractivity contribution is 0.116. The molecule has 0 aliphatic carbocycles. The number of hydrogen-bond acceptors (Lipinski definition) is 2. The fourth-order valence-electron chi connectivity index (χ4n) is 1.33. The van der Waals surface area contributed by atoms with Crippen molar-refractivity contribution in [1.82, 2.24) is 5.32 Å². The van der Waals surface area contributed by atoms with Gasteiger partial charge in [-0.1, -0.05) is 20.8 Å². The van der Waals surface area contributed by atoms with E-state index < -0.39 is 0 Å². The molecule has 0 rings (SSSR count). The lowest BCUT2D eigenvalue weighted by Gasteiger charge is -2.19. The first-order chi connectivity index (χ1) is 5.70. The Morgan fingerprint density at radius 3 is 2.33 bits per heavy atom. The molecular formula is C10H23NO. The fourth-order valence-corrected chi connectivity index (χ4v) is 1.33. The van der Waals surface area contributed by atoms with Crippen LogP contribution in [0.3, 0.4) is 0 Å². The van der Waals surface area contributed by atoms with Gasteiger partial charge in [0.15, 0.2) is 0 Å². The van der Waals surface area contributed by atoms with Crippen LogP contribution >= 0.6 is 0 Å². The van der Waals surface area contributed by atoms with Crippen LogP contribution in [-0.4, -0.2) is 25.8 Å². The van der Waals surface area contributed by atoms with Gasteiger partial charge < -0.3 is 10.1 Å². The van der Waals surface area contributed by atoms with Gasteiger partial charge in [-0.25, -0.2) is 0 Å². The van der Waals surface area contributed by atoms with Crippen molar-refractivity contribution in [3.05, 3.63) is 0 Å². The Kier molecular flexibility index (Phi) is 7.51. The highest BCUT2D eigenvalue weighted by Crippen LogP contribution is 2.04. The van der Waals surface area contributed by atoms with E-state index in [9.17, 15) is 0 Å². The number of nitrogens with one attached hydrogen (secondary N) is 1. The number of hydrogen-bond donors (Lipinski definition) is 1. The minimum absolute atomic E-state index is 0.537. The van der Waals surface area contributed by atoms with E-state index in [-0.39, 0.29) is 0 Å². The fraction of sp³-hybridized carbons (Fsp3) is 1.00. The summed E-state index contributed by atoms with van der Waals surface area (Å²) in [5.41, 5.74) is 0. The quantitative estimate of drug-likeness (QED) is 0.636. The molecule has 0 fully saturated rings. The molecule has 1 atom stereocenters. The summed E-state index contributed by atoms with van der Waals surface area (Å²) < 4.78 is 5.39. The Hall–Kier alpha value is -0.0800. The van der Waals surface area contributed by atoms with Crippen molar-refractivity contribution in [2.45, 2.75) is 40.2 Å². The molecule has 0 radical (unpaired) electrons. The molecule has 0 saturated carbocycles. The van der Waals surface area contributed by atoms with Gasteiger partial charge in [-0.15, -0.1) is 0 Å². The molecule has 0 aliphatic heterocycles. The van der Waals surface area contributed by atoms with Gasteiger partial charge in [-0.2, -0.15) is 0 Å². The monoisotopic (exact) mass is 173 g/mol. The van der Waals surface area contributed by atoms with Crippen molar-refractivity contribution in [3.63, 3.8) is 0 Å². The normalized spacial score (nSPS) is 13.8. The molecule has 0 aromatic rings. The van der Waals surface area contributed by atoms with Crippen molar-refractivity contribution in [1.29, 1.82) is 0 Å². The van der Waals surface area contributed by atoms with E-state index in [0.717, 1.165) is 25.7 Å². The molecule has 1 N–H and O–H groups in total. The maximum Gasteiger partial charge on any atom is 0.0619 e. The maximum atomic E-state index is 5.39. The third-order valence-electron chi connectivity index (χ3n) is 1.77. The average Bonchev–Trinajstić information content (AvgIpc) is 2.00. The van der Waals surface area contributed by atoms with E-state index in [1.54, 1.807) is 0 Å². The van der Waals surface area contributed by atoms with Crippen LogP contribution in [0.15, 0.2) is 0 Å². The smallest absolute Gasteiger partial charge is 0.0619 e. The zero-order valence-electron chi connectivity index (χ0n) is 8.89. The molecule has 2 heteroatoms. The van der Waals surface area contributed by atoms with Crippen LogP contribution in [0.1, 0.15) is 34.1 Å². The highest BCUT2D eigenvalue weighted by Gasteiger charge is 2.08. The molecule has 1 unspecified atom stereocenters. The molecule has 0 aliphatic rings. The van der Waals surface area contributed by atoms with E-state index in [1.807, 2.05) is 6.92 Å². The molecule has 0 amide bonds. The first-order valence-electron chi connectivity index (χ1n) is 5.01. The molecule has 0 heterocycles. The van der Waals surface area contributed by atoms with E-state index >= 15 is 0 Å². The third kappa shape index (κ3) is 6.62. The molecule has 2 nitrogen and oxygen atoms in total. The van der Waals surface area contributed by atoms with Crippen LogP contribution in [0.25, 0.3) is 0 Å². The van der Waals surface area contributed by atoms with Crippen molar-refractivity contribution >= 4 is 0 Å². The van der Waals surface area contributed by atoms with Crippen LogP contribution in [0.4, 0.5) is 0 Å². The van der Waals surface area contributed by atoms with E-state index in [1.165, 1.54) is 6.42 Å². The molecule has 0 spiro atoms. The number of likely N-dealkylation sites (N-methyl/N-ethyl adjacent to an activating group) is 1. The largest absolute Gasteiger partial charge is 0.380 e. The van der Waals surface area contributed by atoms with Crippen LogP contribution < -0.4 is 5.32 Å². The van der Waals surface area contributed by atoms with Gasteiger partial charge in [0.05, 0.1) is 6.61 Å². The second-order valence-corrected chi connectivity index (χ2v) is 3.54. The summed E-state index contributed by atoms with van der Waals surface area (Å²) in [7, 11) is 0. The second kappa shape index (κ2) is 7.56. The standard InChI is InChI=1S/C10H23NO/c1-5-11-10(7-9(3)4)8-12-6-2/h9-11H,5-8H2,1-4H3. The van der Waals surface area contributed by atoms with Crippen molar-refractivity contribution < 1.29 is 4.74 Å². The summed E-state index contributed by atoms with van der Waals surface area (Å²) in [6, 6.07) is 0.537. The van der Waals surface area contributed by atoms with Gasteiger partial charge in [0.25, 0.3) is 0 Å². The highest BCUT2D eigenvalue weighted by molar-refractivity contribution is 4.66. The van der Waals surface area contributed by atoms with E-state index in [4.69, 9.17) is 4.74 Å². The number of ether oxygens (including phenoxy) is 1. The lowest BCUT2D eigenvalue weighted by atomic mass is 10.0. The molecule has 12 heavy (non-hydrogen) atoms. The Labute approximate surface area is 76.7 Å². The summed E-state index contributed by atoms with van der Waals surface area (Å²) in [6.45, 7) is 11.4. The van der Waals surface area contributed by atoms with E-state index in [2.05, 4.69) is 26.1 Å². The molecule has 0 bridgehead atoms. The van der Waals surface area contributed by atoms with Gasteiger partial charge in [-0.3, -0.25) is 0 Å². The Bertz CT molecular complexity index is 93.8. The molecule has 0 aromatic carbocycles. The molecular weight excluding hydrogens is 150 g/mol. The van der Waals surface area contributed by atoms with Crippen molar-refractivity contribution in [2.24, 2.45) is 5.92 Å². The molecule has 74 valence electrons. The summed E-state index contributed by atoms with van der Waals surface area (Å²) in [5.74, 6) is 0.745. The summed E-state index contributed by atoms with van der Waals surface area (Å²) >= 11 is 0. The van der Waals surface area contributed by atoms with Gasteiger partial charge >= 0.3 is 0 Å². The van der Waals surface area contributed by atoms with Gasteiger partial charge in [0, 0.05) is 12.6 Å². The highest BCUT2D eigenvalue weighted by atomic mass is 16.5. The van der Waals surface area contributed by atoms with Crippen LogP contribution in [0.5, 0.6) is 0 Å². The third-order valence-corrected chi connectivity index (χ3v) is 1.77. The maximum absolute atomic E-state index is 5.39. The van der Waals surface area contributed by atoms with Crippen molar-refractivity contribution in [3.8, 4) is 0 Å². The minimum atomic E-state index is 0.537. The first-order valence-corrected chi connectivity index (χ1v) is 5.01. The second-order valence-electron chi connectivity index (χ2n) is 3.54. The predicted octanol–water partition coefficient (Wildman–Crippen LogP) is 2.05. The predicted molar refractivity (Wildman–Crippen MR) is 53.4 cm³/mol. The Morgan fingerprint density at radius 1 is 1.25 bits per heavy atom. The van der Waals surface area contributed by atoms with Crippen LogP contribution in [0.2, 0.25) is 0 Å². The summed E-state index contributed by atoms with van der Waals surface area (Å²) in [4.78, 5) is 0. The van der Waals surface area contributed by atoms with Gasteiger partial charge in [0.2, 0.25) is 0 Å². The van der Waals surface area contributed by atoms with Gasteiger partial charge in [-0.05, 0) is 25.8 Å². The molecule has 0 aromatic heterocycles.